The quantitative estimate of drug-likeness (QED) is 0.257. The second-order valence-corrected chi connectivity index (χ2v) is 10.9. The van der Waals surface area contributed by atoms with E-state index < -0.39 is 11.9 Å². The molecule has 2 aromatic carbocycles. The Morgan fingerprint density at radius 3 is 2.67 bits per heavy atom. The lowest BCUT2D eigenvalue weighted by atomic mass is 9.94. The fraction of sp³-hybridized carbons (Fsp3) is 0.200. The zero-order valence-electron chi connectivity index (χ0n) is 22.3. The molecule has 1 N–H and O–H groups in total. The van der Waals surface area contributed by atoms with Gasteiger partial charge >= 0.3 is 0 Å². The molecule has 0 spiro atoms. The van der Waals surface area contributed by atoms with Gasteiger partial charge in [0.15, 0.2) is 11.0 Å². The minimum absolute atomic E-state index is 0.00322. The third-order valence-corrected chi connectivity index (χ3v) is 7.85. The molecule has 0 aliphatic carbocycles. The molecule has 2 atom stereocenters. The van der Waals surface area contributed by atoms with Crippen LogP contribution in [0.5, 0.6) is 0 Å². The van der Waals surface area contributed by atoms with Crippen molar-refractivity contribution in [3.05, 3.63) is 105 Å². The van der Waals surface area contributed by atoms with Crippen LogP contribution in [0.25, 0.3) is 28.2 Å². The maximum atomic E-state index is 15.4. The topological polar surface area (TPSA) is 108 Å². The van der Waals surface area contributed by atoms with Gasteiger partial charge in [0, 0.05) is 23.7 Å². The van der Waals surface area contributed by atoms with Gasteiger partial charge in [0.05, 0.1) is 51.9 Å². The van der Waals surface area contributed by atoms with Crippen molar-refractivity contribution in [2.45, 2.75) is 32.2 Å². The van der Waals surface area contributed by atoms with Crippen molar-refractivity contribution in [2.75, 3.05) is 5.32 Å². The van der Waals surface area contributed by atoms with Crippen molar-refractivity contribution < 1.29 is 9.18 Å². The van der Waals surface area contributed by atoms with Crippen molar-refractivity contribution >= 4 is 34.8 Å². The Morgan fingerprint density at radius 1 is 1.02 bits per heavy atom. The molecule has 1 amide bonds. The summed E-state index contributed by atoms with van der Waals surface area (Å²) < 4.78 is 18.2. The molecule has 0 radical (unpaired) electrons. The highest BCUT2D eigenvalue weighted by atomic mass is 35.5. The molecule has 42 heavy (non-hydrogen) atoms. The van der Waals surface area contributed by atoms with E-state index in [2.05, 4.69) is 25.6 Å². The van der Waals surface area contributed by atoms with E-state index in [-0.39, 0.29) is 44.5 Å². The number of amides is 1. The Bertz CT molecular complexity index is 1870. The molecule has 0 unspecified atom stereocenters. The zero-order valence-corrected chi connectivity index (χ0v) is 23.8. The first kappa shape index (κ1) is 27.7. The molecule has 5 aromatic rings. The van der Waals surface area contributed by atoms with Crippen molar-refractivity contribution in [1.29, 1.82) is 0 Å². The van der Waals surface area contributed by atoms with E-state index in [1.165, 1.54) is 33.9 Å². The molecule has 0 saturated carbocycles. The number of carbonyl (C=O) groups is 1. The summed E-state index contributed by atoms with van der Waals surface area (Å²) in [6.45, 7) is 1.88. The van der Waals surface area contributed by atoms with E-state index in [1.807, 2.05) is 37.3 Å². The van der Waals surface area contributed by atoms with Gasteiger partial charge in [0.25, 0.3) is 5.56 Å². The summed E-state index contributed by atoms with van der Waals surface area (Å²) in [5.74, 6) is -1.08. The minimum Gasteiger partial charge on any atom is -0.324 e. The van der Waals surface area contributed by atoms with Crippen LogP contribution in [0.2, 0.25) is 10.2 Å². The molecule has 2 bridgehead atoms. The predicted molar refractivity (Wildman–Crippen MR) is 158 cm³/mol. The zero-order chi connectivity index (χ0) is 29.4. The van der Waals surface area contributed by atoms with Crippen LogP contribution in [0.4, 0.5) is 10.1 Å². The number of hydrogen-bond donors (Lipinski definition) is 1. The van der Waals surface area contributed by atoms with Gasteiger partial charge in [0.1, 0.15) is 0 Å². The normalized spacial score (nSPS) is 17.1. The Kier molecular flexibility index (Phi) is 7.57. The Labute approximate surface area is 250 Å². The molecule has 12 heteroatoms. The number of rotatable bonds is 3. The van der Waals surface area contributed by atoms with Crippen LogP contribution in [0.1, 0.15) is 37.8 Å². The van der Waals surface area contributed by atoms with Crippen molar-refractivity contribution in [2.24, 2.45) is 5.92 Å². The average Bonchev–Trinajstić information content (AvgIpc) is 3.42. The summed E-state index contributed by atoms with van der Waals surface area (Å²) in [6, 6.07) is 15.2. The number of aromatic nitrogens is 6. The SMILES string of the molecule is C[C@@H]1CCC[C@H](n2cnc(-c3c(-n4cc(Cl)nn4)ccc(Cl)c3F)cc2=O)c2cccc(c2)-c2ncccc2NC1=O. The summed E-state index contributed by atoms with van der Waals surface area (Å²) in [7, 11) is 0. The Hall–Kier alpha value is -4.41. The molecular weight excluding hydrogens is 580 g/mol. The van der Waals surface area contributed by atoms with Gasteiger partial charge in [-0.2, -0.15) is 0 Å². The van der Waals surface area contributed by atoms with Gasteiger partial charge in [-0.05, 0) is 48.7 Å². The first-order valence-electron chi connectivity index (χ1n) is 13.3. The number of carbonyl (C=O) groups excluding carboxylic acids is 1. The molecular formula is C30H24Cl2FN7O2. The molecule has 6 rings (SSSR count). The molecule has 0 fully saturated rings. The number of anilines is 1. The van der Waals surface area contributed by atoms with E-state index >= 15 is 4.39 Å². The molecule has 1 aliphatic heterocycles. The second kappa shape index (κ2) is 11.5. The number of halogens is 3. The van der Waals surface area contributed by atoms with Gasteiger partial charge in [0.2, 0.25) is 5.91 Å². The fourth-order valence-corrected chi connectivity index (χ4v) is 5.50. The largest absolute Gasteiger partial charge is 0.324 e. The first-order valence-corrected chi connectivity index (χ1v) is 14.1. The summed E-state index contributed by atoms with van der Waals surface area (Å²) in [4.78, 5) is 35.6. The highest BCUT2D eigenvalue weighted by Crippen LogP contribution is 2.34. The number of nitrogens with zero attached hydrogens (tertiary/aromatic N) is 6. The average molecular weight is 604 g/mol. The molecule has 9 nitrogen and oxygen atoms in total. The lowest BCUT2D eigenvalue weighted by Crippen LogP contribution is -2.26. The van der Waals surface area contributed by atoms with E-state index in [9.17, 15) is 9.59 Å². The molecule has 4 heterocycles. The summed E-state index contributed by atoms with van der Waals surface area (Å²) >= 11 is 12.1. The van der Waals surface area contributed by atoms with Gasteiger partial charge in [-0.3, -0.25) is 19.1 Å². The van der Waals surface area contributed by atoms with Crippen LogP contribution in [-0.4, -0.2) is 35.4 Å². The van der Waals surface area contributed by atoms with Gasteiger partial charge < -0.3 is 5.32 Å². The number of pyridine rings is 1. The number of fused-ring (bicyclic) bond motifs is 4. The number of benzene rings is 2. The highest BCUT2D eigenvalue weighted by molar-refractivity contribution is 6.31. The maximum absolute atomic E-state index is 15.4. The smallest absolute Gasteiger partial charge is 0.254 e. The van der Waals surface area contributed by atoms with Crippen LogP contribution in [0.15, 0.2) is 78.1 Å². The van der Waals surface area contributed by atoms with Crippen molar-refractivity contribution in [3.63, 3.8) is 0 Å². The highest BCUT2D eigenvalue weighted by Gasteiger charge is 2.24. The van der Waals surface area contributed by atoms with Gasteiger partial charge in [-0.25, -0.2) is 14.1 Å². The Morgan fingerprint density at radius 2 is 1.88 bits per heavy atom. The molecule has 1 aliphatic rings. The van der Waals surface area contributed by atoms with Crippen LogP contribution < -0.4 is 10.9 Å². The van der Waals surface area contributed by atoms with Crippen LogP contribution >= 0.6 is 23.2 Å². The first-order chi connectivity index (χ1) is 20.3. The van der Waals surface area contributed by atoms with E-state index in [0.29, 0.717) is 30.6 Å². The molecule has 212 valence electrons. The number of nitrogens with one attached hydrogen (secondary N) is 1. The lowest BCUT2D eigenvalue weighted by Gasteiger charge is -2.23. The number of hydrogen-bond acceptors (Lipinski definition) is 6. The summed E-state index contributed by atoms with van der Waals surface area (Å²) in [6.07, 6.45) is 6.38. The Balaban J connectivity index is 1.45. The maximum Gasteiger partial charge on any atom is 0.254 e. The van der Waals surface area contributed by atoms with Crippen molar-refractivity contribution in [1.82, 2.24) is 29.5 Å². The van der Waals surface area contributed by atoms with Gasteiger partial charge in [-0.1, -0.05) is 60.0 Å². The van der Waals surface area contributed by atoms with E-state index in [0.717, 1.165) is 11.1 Å². The third-order valence-electron chi connectivity index (χ3n) is 7.39. The predicted octanol–water partition coefficient (Wildman–Crippen LogP) is 6.35. The monoisotopic (exact) mass is 603 g/mol. The molecule has 3 aromatic heterocycles. The third kappa shape index (κ3) is 5.31. The van der Waals surface area contributed by atoms with E-state index in [1.54, 1.807) is 18.3 Å². The minimum atomic E-state index is -0.748. The van der Waals surface area contributed by atoms with Gasteiger partial charge in [-0.15, -0.1) is 5.10 Å². The second-order valence-electron chi connectivity index (χ2n) is 10.1. The van der Waals surface area contributed by atoms with Crippen LogP contribution in [0, 0.1) is 11.7 Å². The van der Waals surface area contributed by atoms with Crippen molar-refractivity contribution in [3.8, 4) is 28.2 Å². The summed E-state index contributed by atoms with van der Waals surface area (Å²) in [5, 5.41) is 10.7. The van der Waals surface area contributed by atoms with Crippen LogP contribution in [0.3, 0.4) is 0 Å². The standard InChI is InChI=1S/C30H24Cl2FN7O2/c1-17-5-2-9-23(18-6-3-7-19(13-18)29-21(36-30(17)42)8-4-12-34-29)39-16-35-22(14-26(39)41)27-24(11-10-20(31)28(27)33)40-15-25(32)37-38-40/h3-4,6-8,10-17,23H,2,5,9H2,1H3,(H,36,42)/t17-,23+/m1/s1. The van der Waals surface area contributed by atoms with Crippen LogP contribution in [-0.2, 0) is 4.79 Å². The fourth-order valence-electron chi connectivity index (χ4n) is 5.22. The summed E-state index contributed by atoms with van der Waals surface area (Å²) in [5.41, 5.74) is 2.92. The lowest BCUT2D eigenvalue weighted by molar-refractivity contribution is -0.119. The molecule has 0 saturated heterocycles. The van der Waals surface area contributed by atoms with E-state index in [4.69, 9.17) is 23.2 Å².